The number of carbonyl (C=O) groups excluding carboxylic acids is 1. The van der Waals surface area contributed by atoms with E-state index in [1.807, 2.05) is 13.0 Å². The molecule has 0 spiro atoms. The summed E-state index contributed by atoms with van der Waals surface area (Å²) in [5.41, 5.74) is 8.04. The lowest BCUT2D eigenvalue weighted by atomic mass is 10.1. The van der Waals surface area contributed by atoms with Crippen LogP contribution in [0.1, 0.15) is 31.1 Å². The molecule has 0 aromatic heterocycles. The third-order valence-electron chi connectivity index (χ3n) is 2.91. The molecule has 0 aliphatic carbocycles. The molecule has 1 aromatic carbocycles. The van der Waals surface area contributed by atoms with Gasteiger partial charge in [0, 0.05) is 23.4 Å². The second-order valence-corrected chi connectivity index (χ2v) is 6.49. The van der Waals surface area contributed by atoms with Gasteiger partial charge in [-0.05, 0) is 45.2 Å². The summed E-state index contributed by atoms with van der Waals surface area (Å²) in [6, 6.07) is 5.35. The van der Waals surface area contributed by atoms with E-state index in [4.69, 9.17) is 5.73 Å². The van der Waals surface area contributed by atoms with Crippen LogP contribution in [0.15, 0.2) is 18.2 Å². The smallest absolute Gasteiger partial charge is 0.251 e. The van der Waals surface area contributed by atoms with Gasteiger partial charge in [0.2, 0.25) is 0 Å². The molecular formula is C14H23N3OS. The van der Waals surface area contributed by atoms with Crippen molar-refractivity contribution >= 4 is 29.0 Å². The SMILES string of the molecule is CCNC(=O)c1ccc(NCC(C)(C)SC)c(N)c1. The Kier molecular flexibility index (Phi) is 5.54. The van der Waals surface area contributed by atoms with Crippen molar-refractivity contribution in [1.82, 2.24) is 5.32 Å². The van der Waals surface area contributed by atoms with E-state index in [0.29, 0.717) is 17.8 Å². The minimum atomic E-state index is -0.0924. The van der Waals surface area contributed by atoms with Crippen LogP contribution in [0.5, 0.6) is 0 Å². The van der Waals surface area contributed by atoms with Gasteiger partial charge in [-0.3, -0.25) is 4.79 Å². The molecule has 0 atom stereocenters. The number of nitrogens with one attached hydrogen (secondary N) is 2. The fourth-order valence-corrected chi connectivity index (χ4v) is 1.72. The largest absolute Gasteiger partial charge is 0.397 e. The van der Waals surface area contributed by atoms with Crippen molar-refractivity contribution in [2.24, 2.45) is 0 Å². The number of amides is 1. The summed E-state index contributed by atoms with van der Waals surface area (Å²) in [4.78, 5) is 11.7. The maximum absolute atomic E-state index is 11.7. The number of carbonyl (C=O) groups is 1. The fraction of sp³-hybridized carbons (Fsp3) is 0.500. The summed E-state index contributed by atoms with van der Waals surface area (Å²) in [7, 11) is 0. The molecule has 1 amide bonds. The second kappa shape index (κ2) is 6.70. The molecule has 0 aliphatic heterocycles. The molecule has 0 heterocycles. The first-order chi connectivity index (χ1) is 8.89. The van der Waals surface area contributed by atoms with E-state index >= 15 is 0 Å². The average molecular weight is 281 g/mol. The van der Waals surface area contributed by atoms with Crippen molar-refractivity contribution in [3.8, 4) is 0 Å². The van der Waals surface area contributed by atoms with Crippen molar-refractivity contribution < 1.29 is 4.79 Å². The number of nitrogens with two attached hydrogens (primary N) is 1. The van der Waals surface area contributed by atoms with E-state index in [0.717, 1.165) is 12.2 Å². The third kappa shape index (κ3) is 4.67. The highest BCUT2D eigenvalue weighted by atomic mass is 32.2. The minimum absolute atomic E-state index is 0.0924. The molecule has 0 saturated heterocycles. The Labute approximate surface area is 119 Å². The highest BCUT2D eigenvalue weighted by molar-refractivity contribution is 7.99. The molecule has 19 heavy (non-hydrogen) atoms. The van der Waals surface area contributed by atoms with Gasteiger partial charge in [0.15, 0.2) is 0 Å². The zero-order valence-electron chi connectivity index (χ0n) is 12.0. The van der Waals surface area contributed by atoms with Crippen LogP contribution >= 0.6 is 11.8 Å². The molecule has 0 saturated carbocycles. The first-order valence-corrected chi connectivity index (χ1v) is 7.59. The van der Waals surface area contributed by atoms with Crippen molar-refractivity contribution in [3.05, 3.63) is 23.8 Å². The van der Waals surface area contributed by atoms with E-state index in [1.54, 1.807) is 23.9 Å². The predicted molar refractivity (Wildman–Crippen MR) is 84.9 cm³/mol. The summed E-state index contributed by atoms with van der Waals surface area (Å²) >= 11 is 1.80. The summed E-state index contributed by atoms with van der Waals surface area (Å²) in [5, 5.41) is 6.08. The topological polar surface area (TPSA) is 67.2 Å². The quantitative estimate of drug-likeness (QED) is 0.701. The third-order valence-corrected chi connectivity index (χ3v) is 4.16. The van der Waals surface area contributed by atoms with Crippen LogP contribution < -0.4 is 16.4 Å². The van der Waals surface area contributed by atoms with Gasteiger partial charge in [-0.1, -0.05) is 0 Å². The Morgan fingerprint density at radius 3 is 2.63 bits per heavy atom. The molecule has 0 radical (unpaired) electrons. The highest BCUT2D eigenvalue weighted by Gasteiger charge is 2.16. The van der Waals surface area contributed by atoms with E-state index in [-0.39, 0.29) is 10.7 Å². The number of rotatable bonds is 6. The van der Waals surface area contributed by atoms with Crippen LogP contribution in [-0.4, -0.2) is 30.0 Å². The minimum Gasteiger partial charge on any atom is -0.397 e. The Bertz CT molecular complexity index is 446. The van der Waals surface area contributed by atoms with Crippen molar-refractivity contribution in [2.75, 3.05) is 30.4 Å². The van der Waals surface area contributed by atoms with Crippen molar-refractivity contribution in [1.29, 1.82) is 0 Å². The lowest BCUT2D eigenvalue weighted by Crippen LogP contribution is -2.26. The number of anilines is 2. The highest BCUT2D eigenvalue weighted by Crippen LogP contribution is 2.25. The van der Waals surface area contributed by atoms with Gasteiger partial charge >= 0.3 is 0 Å². The first kappa shape index (κ1) is 15.7. The van der Waals surface area contributed by atoms with Gasteiger partial charge in [-0.15, -0.1) is 0 Å². The Morgan fingerprint density at radius 1 is 1.42 bits per heavy atom. The molecule has 5 heteroatoms. The summed E-state index contributed by atoms with van der Waals surface area (Å²) in [6.07, 6.45) is 2.09. The van der Waals surface area contributed by atoms with E-state index in [1.165, 1.54) is 0 Å². The summed E-state index contributed by atoms with van der Waals surface area (Å²) in [5.74, 6) is -0.0924. The van der Waals surface area contributed by atoms with Crippen LogP contribution in [-0.2, 0) is 0 Å². The Hall–Kier alpha value is -1.36. The Morgan fingerprint density at radius 2 is 2.11 bits per heavy atom. The molecular weight excluding hydrogens is 258 g/mol. The molecule has 106 valence electrons. The van der Waals surface area contributed by atoms with Crippen molar-refractivity contribution in [2.45, 2.75) is 25.5 Å². The van der Waals surface area contributed by atoms with Crippen LogP contribution in [0.4, 0.5) is 11.4 Å². The molecule has 0 fully saturated rings. The van der Waals surface area contributed by atoms with Crippen LogP contribution in [0.3, 0.4) is 0 Å². The first-order valence-electron chi connectivity index (χ1n) is 6.36. The fourth-order valence-electron chi connectivity index (χ4n) is 1.51. The van der Waals surface area contributed by atoms with E-state index in [9.17, 15) is 4.79 Å². The van der Waals surface area contributed by atoms with E-state index < -0.39 is 0 Å². The number of hydrogen-bond donors (Lipinski definition) is 3. The predicted octanol–water partition coefficient (Wildman–Crippen LogP) is 2.57. The molecule has 1 aromatic rings. The van der Waals surface area contributed by atoms with Gasteiger partial charge < -0.3 is 16.4 Å². The number of nitrogen functional groups attached to an aromatic ring is 1. The molecule has 0 unspecified atom stereocenters. The molecule has 1 rings (SSSR count). The standard InChI is InChI=1S/C14H23N3OS/c1-5-16-13(18)10-6-7-12(11(15)8-10)17-9-14(2,3)19-4/h6-8,17H,5,9,15H2,1-4H3,(H,16,18). The number of hydrogen-bond acceptors (Lipinski definition) is 4. The zero-order chi connectivity index (χ0) is 14.5. The van der Waals surface area contributed by atoms with Gasteiger partial charge in [0.05, 0.1) is 11.4 Å². The molecule has 0 aliphatic rings. The second-order valence-electron chi connectivity index (χ2n) is 4.98. The van der Waals surface area contributed by atoms with Gasteiger partial charge in [-0.2, -0.15) is 11.8 Å². The summed E-state index contributed by atoms with van der Waals surface area (Å²) in [6.45, 7) is 7.66. The number of benzene rings is 1. The van der Waals surface area contributed by atoms with Gasteiger partial charge in [-0.25, -0.2) is 0 Å². The zero-order valence-corrected chi connectivity index (χ0v) is 12.9. The van der Waals surface area contributed by atoms with Gasteiger partial charge in [0.1, 0.15) is 0 Å². The normalized spacial score (nSPS) is 11.2. The maximum Gasteiger partial charge on any atom is 0.251 e. The number of thioether (sulfide) groups is 1. The van der Waals surface area contributed by atoms with Crippen LogP contribution in [0.25, 0.3) is 0 Å². The lowest BCUT2D eigenvalue weighted by Gasteiger charge is -2.23. The van der Waals surface area contributed by atoms with Crippen molar-refractivity contribution in [3.63, 3.8) is 0 Å². The molecule has 4 nitrogen and oxygen atoms in total. The van der Waals surface area contributed by atoms with Crippen LogP contribution in [0, 0.1) is 0 Å². The molecule has 4 N–H and O–H groups in total. The van der Waals surface area contributed by atoms with Gasteiger partial charge in [0.25, 0.3) is 5.91 Å². The average Bonchev–Trinajstić information content (AvgIpc) is 2.37. The van der Waals surface area contributed by atoms with Crippen LogP contribution in [0.2, 0.25) is 0 Å². The maximum atomic E-state index is 11.7. The summed E-state index contributed by atoms with van der Waals surface area (Å²) < 4.78 is 0.144. The van der Waals surface area contributed by atoms with E-state index in [2.05, 4.69) is 30.7 Å². The monoisotopic (exact) mass is 281 g/mol. The Balaban J connectivity index is 2.75. The molecule has 0 bridgehead atoms. The lowest BCUT2D eigenvalue weighted by molar-refractivity contribution is 0.0956.